The van der Waals surface area contributed by atoms with Crippen LogP contribution in [0.25, 0.3) is 0 Å². The van der Waals surface area contributed by atoms with Gasteiger partial charge >= 0.3 is 0 Å². The van der Waals surface area contributed by atoms with Gasteiger partial charge in [-0.15, -0.1) is 0 Å². The maximum atomic E-state index is 2.96. The standard InChI is InChI=1S/C55H71BN2/c1-51(2,3)36-20-26-42(27-21-36)57-46-30-24-39(53(7,8)9)32-44(46)56-45-33-40(54(10,11)12)25-31-47(45)58(43-28-22-37(23-29-43)52(4,5)6)49-35-41(34-48(57)50(49)56)55(13,14)38-18-16-15-17-19-38/h15-22,24-30,32-34,37,41,47,49-50H,23,31,35H2,1-14H3. The molecule has 304 valence electrons. The van der Waals surface area contributed by atoms with E-state index in [2.05, 4.69) is 216 Å². The van der Waals surface area contributed by atoms with Gasteiger partial charge in [0.2, 0.25) is 6.71 Å². The van der Waals surface area contributed by atoms with Gasteiger partial charge < -0.3 is 9.80 Å². The van der Waals surface area contributed by atoms with Crippen molar-refractivity contribution < 1.29 is 0 Å². The van der Waals surface area contributed by atoms with Crippen LogP contribution < -0.4 is 10.4 Å². The fourth-order valence-corrected chi connectivity index (χ4v) is 10.9. The predicted octanol–water partition coefficient (Wildman–Crippen LogP) is 13.8. The third-order valence-electron chi connectivity index (χ3n) is 14.8. The first-order chi connectivity index (χ1) is 27.0. The third kappa shape index (κ3) is 7.11. The minimum atomic E-state index is -0.0609. The number of allylic oxidation sites excluding steroid dienone is 6. The first kappa shape index (κ1) is 40.8. The van der Waals surface area contributed by atoms with Gasteiger partial charge in [0.25, 0.3) is 0 Å². The zero-order valence-electron chi connectivity index (χ0n) is 38.4. The summed E-state index contributed by atoms with van der Waals surface area (Å²) < 4.78 is 0. The monoisotopic (exact) mass is 771 g/mol. The molecular formula is C55H71BN2. The molecule has 0 amide bonds. The summed E-state index contributed by atoms with van der Waals surface area (Å²) >= 11 is 0. The average Bonchev–Trinajstić information content (AvgIpc) is 3.16. The molecule has 5 unspecified atom stereocenters. The number of nitrogens with zero attached hydrogens (tertiary/aromatic N) is 2. The Labute approximate surface area is 353 Å². The lowest BCUT2D eigenvalue weighted by Gasteiger charge is -2.60. The number of hydrogen-bond donors (Lipinski definition) is 0. The van der Waals surface area contributed by atoms with Crippen LogP contribution in [0.3, 0.4) is 0 Å². The van der Waals surface area contributed by atoms with E-state index in [0.29, 0.717) is 36.4 Å². The fraction of sp³-hybridized carbons (Fsp3) is 0.491. The molecule has 3 heteroatoms. The van der Waals surface area contributed by atoms with E-state index in [1.807, 2.05) is 0 Å². The normalized spacial score (nSPS) is 24.9. The SMILES string of the molecule is CC(C)(C)C1=CCC2C(=C1)B1c3cc(C(C)(C)C)ccc3N(c3ccc(C(C)(C)C)cc3)C3=CC(C(C)(C)c4ccccc4)CC(C13)N2C1=CCC(C(C)(C)C)C=C1. The van der Waals surface area contributed by atoms with E-state index in [-0.39, 0.29) is 27.1 Å². The van der Waals surface area contributed by atoms with Crippen LogP contribution in [-0.4, -0.2) is 23.7 Å². The minimum absolute atomic E-state index is 0.0416. The summed E-state index contributed by atoms with van der Waals surface area (Å²) in [6.07, 6.45) is 19.0. The van der Waals surface area contributed by atoms with Gasteiger partial charge in [0.15, 0.2) is 0 Å². The molecule has 5 atom stereocenters. The highest BCUT2D eigenvalue weighted by atomic mass is 15.2. The zero-order valence-corrected chi connectivity index (χ0v) is 38.4. The Kier molecular flexibility index (Phi) is 9.89. The van der Waals surface area contributed by atoms with Gasteiger partial charge in [0, 0.05) is 40.7 Å². The molecule has 3 aromatic rings. The molecule has 1 saturated heterocycles. The number of hydrogen-bond acceptors (Lipinski definition) is 2. The predicted molar refractivity (Wildman–Crippen MR) is 252 cm³/mol. The lowest BCUT2D eigenvalue weighted by Crippen LogP contribution is -2.65. The topological polar surface area (TPSA) is 6.48 Å². The van der Waals surface area contributed by atoms with Crippen LogP contribution in [0.2, 0.25) is 5.82 Å². The second-order valence-electron chi connectivity index (χ2n) is 23.2. The van der Waals surface area contributed by atoms with Crippen molar-refractivity contribution in [2.45, 2.75) is 150 Å². The highest BCUT2D eigenvalue weighted by Crippen LogP contribution is 2.57. The van der Waals surface area contributed by atoms with Crippen LogP contribution in [0.15, 0.2) is 132 Å². The summed E-state index contributed by atoms with van der Waals surface area (Å²) in [5, 5.41) is 0. The summed E-state index contributed by atoms with van der Waals surface area (Å²) in [6.45, 7) is 33.8. The molecule has 8 rings (SSSR count). The minimum Gasteiger partial charge on any atom is -0.363 e. The lowest BCUT2D eigenvalue weighted by molar-refractivity contribution is 0.150. The van der Waals surface area contributed by atoms with Gasteiger partial charge in [-0.2, -0.15) is 0 Å². The van der Waals surface area contributed by atoms with Crippen molar-refractivity contribution in [3.05, 3.63) is 148 Å². The Morgan fingerprint density at radius 1 is 0.638 bits per heavy atom. The van der Waals surface area contributed by atoms with E-state index in [1.165, 1.54) is 50.5 Å². The molecule has 3 aromatic carbocycles. The summed E-state index contributed by atoms with van der Waals surface area (Å²) in [5.74, 6) is 1.17. The van der Waals surface area contributed by atoms with Crippen molar-refractivity contribution in [1.29, 1.82) is 0 Å². The smallest absolute Gasteiger partial charge is 0.221 e. The number of fused-ring (bicyclic) bond motifs is 4. The number of benzene rings is 3. The molecule has 0 aromatic heterocycles. The van der Waals surface area contributed by atoms with Crippen molar-refractivity contribution in [2.75, 3.05) is 4.90 Å². The Morgan fingerprint density at radius 2 is 1.29 bits per heavy atom. The van der Waals surface area contributed by atoms with Crippen molar-refractivity contribution in [3.63, 3.8) is 0 Å². The van der Waals surface area contributed by atoms with Crippen LogP contribution in [0.1, 0.15) is 133 Å². The molecule has 2 heterocycles. The van der Waals surface area contributed by atoms with Crippen LogP contribution in [-0.2, 0) is 16.2 Å². The number of rotatable bonds is 4. The molecule has 2 nitrogen and oxygen atoms in total. The zero-order chi connectivity index (χ0) is 41.7. The van der Waals surface area contributed by atoms with E-state index in [9.17, 15) is 0 Å². The maximum Gasteiger partial charge on any atom is 0.221 e. The summed E-state index contributed by atoms with van der Waals surface area (Å²) in [6, 6.07) is 29.1. The molecule has 0 N–H and O–H groups in total. The largest absolute Gasteiger partial charge is 0.363 e. The van der Waals surface area contributed by atoms with Gasteiger partial charge in [0.05, 0.1) is 0 Å². The van der Waals surface area contributed by atoms with Gasteiger partial charge in [-0.3, -0.25) is 0 Å². The van der Waals surface area contributed by atoms with Gasteiger partial charge in [-0.1, -0.05) is 187 Å². The van der Waals surface area contributed by atoms with E-state index in [4.69, 9.17) is 0 Å². The summed E-state index contributed by atoms with van der Waals surface area (Å²) in [4.78, 5) is 5.66. The van der Waals surface area contributed by atoms with E-state index < -0.39 is 0 Å². The molecule has 0 saturated carbocycles. The lowest BCUT2D eigenvalue weighted by atomic mass is 9.25. The van der Waals surface area contributed by atoms with E-state index in [1.54, 1.807) is 5.47 Å². The first-order valence-electron chi connectivity index (χ1n) is 22.5. The quantitative estimate of drug-likeness (QED) is 0.244. The van der Waals surface area contributed by atoms with Crippen LogP contribution in [0, 0.1) is 22.7 Å². The highest BCUT2D eigenvalue weighted by molar-refractivity contribution is 6.84. The second-order valence-corrected chi connectivity index (χ2v) is 23.2. The Balaban J connectivity index is 1.41. The van der Waals surface area contributed by atoms with E-state index >= 15 is 0 Å². The Morgan fingerprint density at radius 3 is 1.88 bits per heavy atom. The van der Waals surface area contributed by atoms with Crippen LogP contribution in [0.4, 0.5) is 11.4 Å². The van der Waals surface area contributed by atoms with Crippen molar-refractivity contribution in [3.8, 4) is 0 Å². The van der Waals surface area contributed by atoms with Gasteiger partial charge in [0.1, 0.15) is 0 Å². The number of anilines is 2. The highest BCUT2D eigenvalue weighted by Gasteiger charge is 2.58. The molecule has 58 heavy (non-hydrogen) atoms. The van der Waals surface area contributed by atoms with Crippen molar-refractivity contribution >= 4 is 23.6 Å². The fourth-order valence-electron chi connectivity index (χ4n) is 10.9. The molecule has 0 radical (unpaired) electrons. The summed E-state index contributed by atoms with van der Waals surface area (Å²) in [7, 11) is 0. The van der Waals surface area contributed by atoms with Crippen LogP contribution in [0.5, 0.6) is 0 Å². The molecule has 0 bridgehead atoms. The average molecular weight is 771 g/mol. The molecule has 5 aliphatic rings. The van der Waals surface area contributed by atoms with Gasteiger partial charge in [-0.05, 0) is 110 Å². The molecule has 0 spiro atoms. The second kappa shape index (κ2) is 14.1. The molecule has 3 aliphatic carbocycles. The summed E-state index contributed by atoms with van der Waals surface area (Å²) in [5.41, 5.74) is 14.7. The van der Waals surface area contributed by atoms with Gasteiger partial charge in [-0.25, -0.2) is 0 Å². The molecule has 2 aliphatic heterocycles. The Hall–Kier alpha value is -3.98. The third-order valence-corrected chi connectivity index (χ3v) is 14.8. The van der Waals surface area contributed by atoms with E-state index in [0.717, 1.165) is 19.3 Å². The van der Waals surface area contributed by atoms with Crippen molar-refractivity contribution in [2.24, 2.45) is 22.7 Å². The maximum absolute atomic E-state index is 2.96. The van der Waals surface area contributed by atoms with Crippen molar-refractivity contribution in [1.82, 2.24) is 4.90 Å². The molecule has 1 fully saturated rings. The first-order valence-corrected chi connectivity index (χ1v) is 22.5. The molecular weight excluding hydrogens is 699 g/mol. The van der Waals surface area contributed by atoms with Crippen LogP contribution >= 0.6 is 0 Å². The Bertz CT molecular complexity index is 2200.